The van der Waals surface area contributed by atoms with Gasteiger partial charge in [-0.15, -0.1) is 0 Å². The average molecular weight is 233 g/mol. The quantitative estimate of drug-likeness (QED) is 0.862. The predicted molar refractivity (Wildman–Crippen MR) is 71.6 cm³/mol. The van der Waals surface area contributed by atoms with Crippen molar-refractivity contribution in [3.63, 3.8) is 0 Å². The van der Waals surface area contributed by atoms with Gasteiger partial charge in [-0.25, -0.2) is 0 Å². The summed E-state index contributed by atoms with van der Waals surface area (Å²) in [6.45, 7) is 5.61. The molecule has 3 unspecified atom stereocenters. The van der Waals surface area contributed by atoms with E-state index in [1.54, 1.807) is 7.11 Å². The summed E-state index contributed by atoms with van der Waals surface area (Å²) in [7, 11) is 1.76. The molecule has 1 saturated carbocycles. The van der Waals surface area contributed by atoms with Gasteiger partial charge in [0.15, 0.2) is 0 Å². The molecule has 3 atom stereocenters. The van der Waals surface area contributed by atoms with Crippen molar-refractivity contribution >= 4 is 0 Å². The summed E-state index contributed by atoms with van der Waals surface area (Å²) >= 11 is 0. The lowest BCUT2D eigenvalue weighted by molar-refractivity contribution is 0.383. The molecule has 1 N–H and O–H groups in total. The Hall–Kier alpha value is -1.02. The maximum absolute atomic E-state index is 5.48. The second-order valence-corrected chi connectivity index (χ2v) is 4.95. The highest BCUT2D eigenvalue weighted by molar-refractivity contribution is 5.37. The van der Waals surface area contributed by atoms with E-state index < -0.39 is 0 Å². The fourth-order valence-corrected chi connectivity index (χ4v) is 3.13. The van der Waals surface area contributed by atoms with Gasteiger partial charge in [0.1, 0.15) is 5.75 Å². The molecule has 0 aliphatic heterocycles. The van der Waals surface area contributed by atoms with E-state index in [0.717, 1.165) is 12.3 Å². The molecule has 94 valence electrons. The molecule has 2 rings (SSSR count). The molecule has 1 fully saturated rings. The van der Waals surface area contributed by atoms with Gasteiger partial charge in [0.2, 0.25) is 0 Å². The van der Waals surface area contributed by atoms with Crippen LogP contribution in [0.5, 0.6) is 5.75 Å². The molecule has 2 heteroatoms. The van der Waals surface area contributed by atoms with Gasteiger partial charge in [0.05, 0.1) is 7.11 Å². The lowest BCUT2D eigenvalue weighted by Gasteiger charge is -2.23. The number of para-hydroxylation sites is 1. The zero-order valence-electron chi connectivity index (χ0n) is 11.1. The third-order valence-corrected chi connectivity index (χ3v) is 4.06. The van der Waals surface area contributed by atoms with E-state index in [0.29, 0.717) is 17.9 Å². The van der Waals surface area contributed by atoms with Crippen molar-refractivity contribution in [2.75, 3.05) is 13.7 Å². The van der Waals surface area contributed by atoms with Crippen LogP contribution in [0.3, 0.4) is 0 Å². The van der Waals surface area contributed by atoms with E-state index in [1.807, 2.05) is 6.07 Å². The summed E-state index contributed by atoms with van der Waals surface area (Å²) in [6, 6.07) is 9.11. The van der Waals surface area contributed by atoms with Crippen molar-refractivity contribution < 1.29 is 4.74 Å². The second kappa shape index (κ2) is 5.54. The van der Waals surface area contributed by atoms with Gasteiger partial charge in [0, 0.05) is 6.04 Å². The molecule has 1 aliphatic carbocycles. The minimum absolute atomic E-state index is 0.634. The van der Waals surface area contributed by atoms with Gasteiger partial charge in [0.25, 0.3) is 0 Å². The Labute approximate surface area is 104 Å². The molecule has 0 aromatic heterocycles. The molecule has 17 heavy (non-hydrogen) atoms. The zero-order chi connectivity index (χ0) is 12.3. The van der Waals surface area contributed by atoms with Crippen molar-refractivity contribution in [3.8, 4) is 5.75 Å². The molecule has 0 bridgehead atoms. The minimum Gasteiger partial charge on any atom is -0.496 e. The van der Waals surface area contributed by atoms with Crippen LogP contribution in [0.2, 0.25) is 0 Å². The Morgan fingerprint density at radius 3 is 2.76 bits per heavy atom. The van der Waals surface area contributed by atoms with Crippen LogP contribution in [-0.2, 0) is 0 Å². The summed E-state index contributed by atoms with van der Waals surface area (Å²) in [6.07, 6.45) is 2.54. The van der Waals surface area contributed by atoms with E-state index >= 15 is 0 Å². The molecular weight excluding hydrogens is 210 g/mol. The number of rotatable bonds is 4. The number of methoxy groups -OCH3 is 1. The molecule has 1 aromatic rings. The molecule has 0 heterocycles. The first-order valence-electron chi connectivity index (χ1n) is 6.64. The largest absolute Gasteiger partial charge is 0.496 e. The molecule has 0 amide bonds. The normalized spacial score (nSPS) is 28.3. The second-order valence-electron chi connectivity index (χ2n) is 4.95. The summed E-state index contributed by atoms with van der Waals surface area (Å²) in [5.41, 5.74) is 1.38. The Morgan fingerprint density at radius 1 is 1.29 bits per heavy atom. The number of nitrogens with one attached hydrogen (secondary N) is 1. The number of benzene rings is 1. The summed E-state index contributed by atoms with van der Waals surface area (Å²) < 4.78 is 5.48. The first-order valence-corrected chi connectivity index (χ1v) is 6.64. The molecule has 1 aromatic carbocycles. The van der Waals surface area contributed by atoms with Crippen LogP contribution < -0.4 is 10.1 Å². The zero-order valence-corrected chi connectivity index (χ0v) is 11.1. The van der Waals surface area contributed by atoms with Gasteiger partial charge >= 0.3 is 0 Å². The standard InChI is InChI=1S/C15H23NO/c1-4-16-14-10-9-12(11(14)2)13-7-5-6-8-15(13)17-3/h5-8,11-12,14,16H,4,9-10H2,1-3H3. The Balaban J connectivity index is 2.18. The van der Waals surface area contributed by atoms with Crippen LogP contribution in [0.15, 0.2) is 24.3 Å². The highest BCUT2D eigenvalue weighted by atomic mass is 16.5. The van der Waals surface area contributed by atoms with E-state index in [4.69, 9.17) is 4.74 Å². The molecule has 2 nitrogen and oxygen atoms in total. The van der Waals surface area contributed by atoms with Crippen molar-refractivity contribution in [2.24, 2.45) is 5.92 Å². The third kappa shape index (κ3) is 2.47. The third-order valence-electron chi connectivity index (χ3n) is 4.06. The first kappa shape index (κ1) is 12.4. The van der Waals surface area contributed by atoms with E-state index in [-0.39, 0.29) is 0 Å². The van der Waals surface area contributed by atoms with E-state index in [1.165, 1.54) is 18.4 Å². The molecule has 0 saturated heterocycles. The number of hydrogen-bond acceptors (Lipinski definition) is 2. The summed E-state index contributed by atoms with van der Waals surface area (Å²) in [5.74, 6) is 2.36. The Kier molecular flexibility index (Phi) is 4.06. The monoisotopic (exact) mass is 233 g/mol. The fraction of sp³-hybridized carbons (Fsp3) is 0.600. The fourth-order valence-electron chi connectivity index (χ4n) is 3.13. The molecule has 0 radical (unpaired) electrons. The van der Waals surface area contributed by atoms with Crippen molar-refractivity contribution in [2.45, 2.75) is 38.6 Å². The highest BCUT2D eigenvalue weighted by Crippen LogP contribution is 2.42. The molecular formula is C15H23NO. The van der Waals surface area contributed by atoms with Crippen LogP contribution in [0, 0.1) is 5.92 Å². The van der Waals surface area contributed by atoms with Crippen LogP contribution in [0.4, 0.5) is 0 Å². The van der Waals surface area contributed by atoms with Crippen LogP contribution in [0.25, 0.3) is 0 Å². The van der Waals surface area contributed by atoms with E-state index in [2.05, 4.69) is 37.4 Å². The van der Waals surface area contributed by atoms with Gasteiger partial charge in [-0.3, -0.25) is 0 Å². The maximum atomic E-state index is 5.48. The lowest BCUT2D eigenvalue weighted by atomic mass is 9.88. The van der Waals surface area contributed by atoms with Gasteiger partial charge < -0.3 is 10.1 Å². The van der Waals surface area contributed by atoms with E-state index in [9.17, 15) is 0 Å². The molecule has 0 spiro atoms. The SMILES string of the molecule is CCNC1CCC(c2ccccc2OC)C1C. The van der Waals surface area contributed by atoms with Crippen LogP contribution in [-0.4, -0.2) is 19.7 Å². The van der Waals surface area contributed by atoms with Crippen molar-refractivity contribution in [1.29, 1.82) is 0 Å². The summed E-state index contributed by atoms with van der Waals surface area (Å²) in [5, 5.41) is 3.59. The van der Waals surface area contributed by atoms with Crippen molar-refractivity contribution in [1.82, 2.24) is 5.32 Å². The summed E-state index contributed by atoms with van der Waals surface area (Å²) in [4.78, 5) is 0. The Bertz CT molecular complexity index is 364. The van der Waals surface area contributed by atoms with Gasteiger partial charge in [-0.2, -0.15) is 0 Å². The van der Waals surface area contributed by atoms with Crippen LogP contribution >= 0.6 is 0 Å². The van der Waals surface area contributed by atoms with Gasteiger partial charge in [-0.05, 0) is 42.9 Å². The number of hydrogen-bond donors (Lipinski definition) is 1. The first-order chi connectivity index (χ1) is 8.27. The number of ether oxygens (including phenoxy) is 1. The van der Waals surface area contributed by atoms with Crippen molar-refractivity contribution in [3.05, 3.63) is 29.8 Å². The minimum atomic E-state index is 0.634. The highest BCUT2D eigenvalue weighted by Gasteiger charge is 2.34. The van der Waals surface area contributed by atoms with Crippen LogP contribution in [0.1, 0.15) is 38.2 Å². The lowest BCUT2D eigenvalue weighted by Crippen LogP contribution is -2.32. The Morgan fingerprint density at radius 2 is 2.06 bits per heavy atom. The van der Waals surface area contributed by atoms with Gasteiger partial charge in [-0.1, -0.05) is 32.0 Å². The predicted octanol–water partition coefficient (Wildman–Crippen LogP) is 3.19. The smallest absolute Gasteiger partial charge is 0.122 e. The maximum Gasteiger partial charge on any atom is 0.122 e. The topological polar surface area (TPSA) is 21.3 Å². The average Bonchev–Trinajstić information content (AvgIpc) is 2.72. The molecule has 1 aliphatic rings.